The van der Waals surface area contributed by atoms with Gasteiger partial charge in [0, 0.05) is 13.6 Å². The molecule has 2 rings (SSSR count). The van der Waals surface area contributed by atoms with Gasteiger partial charge in [0.05, 0.1) is 11.9 Å². The van der Waals surface area contributed by atoms with E-state index in [2.05, 4.69) is 49.0 Å². The van der Waals surface area contributed by atoms with Gasteiger partial charge in [0.2, 0.25) is 0 Å². The van der Waals surface area contributed by atoms with Crippen LogP contribution >= 0.6 is 0 Å². The van der Waals surface area contributed by atoms with Gasteiger partial charge < -0.3 is 10.6 Å². The lowest BCUT2D eigenvalue weighted by Crippen LogP contribution is -2.21. The van der Waals surface area contributed by atoms with Crippen LogP contribution in [0.3, 0.4) is 0 Å². The highest BCUT2D eigenvalue weighted by atomic mass is 15.2. The summed E-state index contributed by atoms with van der Waals surface area (Å²) in [7, 11) is 2.07. The van der Waals surface area contributed by atoms with Gasteiger partial charge in [-0.25, -0.2) is 4.98 Å². The maximum Gasteiger partial charge on any atom is 0.128 e. The average Bonchev–Trinajstić information content (AvgIpc) is 2.40. The van der Waals surface area contributed by atoms with E-state index in [4.69, 9.17) is 5.73 Å². The Morgan fingerprint density at radius 3 is 2.50 bits per heavy atom. The topological polar surface area (TPSA) is 42.1 Å². The number of nitrogens with zero attached hydrogens (tertiary/aromatic N) is 2. The van der Waals surface area contributed by atoms with Crippen LogP contribution in [0.5, 0.6) is 0 Å². The molecule has 0 bridgehead atoms. The molecule has 0 fully saturated rings. The first kappa shape index (κ1) is 14.4. The lowest BCUT2D eigenvalue weighted by molar-refractivity contribution is 0.854. The van der Waals surface area contributed by atoms with Crippen molar-refractivity contribution in [3.05, 3.63) is 52.7 Å². The van der Waals surface area contributed by atoms with Crippen molar-refractivity contribution < 1.29 is 0 Å². The van der Waals surface area contributed by atoms with Crippen LogP contribution < -0.4 is 10.6 Å². The van der Waals surface area contributed by atoms with Crippen molar-refractivity contribution in [1.29, 1.82) is 0 Å². The van der Waals surface area contributed by atoms with Crippen LogP contribution in [0.15, 0.2) is 30.5 Å². The summed E-state index contributed by atoms with van der Waals surface area (Å²) in [5, 5.41) is 0. The minimum absolute atomic E-state index is 0.747. The summed E-state index contributed by atoms with van der Waals surface area (Å²) in [5.74, 6) is 0.974. The molecule has 0 atom stereocenters. The van der Waals surface area contributed by atoms with Crippen molar-refractivity contribution in [1.82, 2.24) is 4.98 Å². The van der Waals surface area contributed by atoms with E-state index < -0.39 is 0 Å². The maximum absolute atomic E-state index is 5.81. The van der Waals surface area contributed by atoms with E-state index in [1.54, 1.807) is 6.20 Å². The monoisotopic (exact) mass is 269 g/mol. The molecule has 0 aliphatic heterocycles. The van der Waals surface area contributed by atoms with E-state index in [1.165, 1.54) is 16.7 Å². The molecule has 0 saturated carbocycles. The number of nitrogens with two attached hydrogens (primary N) is 1. The predicted molar refractivity (Wildman–Crippen MR) is 86.3 cm³/mol. The number of likely N-dealkylation sites (N-methyl/N-ethyl adjacent to an activating group) is 1. The van der Waals surface area contributed by atoms with Gasteiger partial charge in [0.1, 0.15) is 5.82 Å². The van der Waals surface area contributed by atoms with Gasteiger partial charge in [-0.1, -0.05) is 23.8 Å². The first-order valence-electron chi connectivity index (χ1n) is 6.97. The van der Waals surface area contributed by atoms with E-state index in [0.717, 1.165) is 30.0 Å². The third-order valence-electron chi connectivity index (χ3n) is 3.74. The molecule has 20 heavy (non-hydrogen) atoms. The standard InChI is InChI=1S/C17H23N3/c1-12-5-6-15(13(2)9-12)7-8-20(4)17-10-14(3)16(18)11-19-17/h5-6,9-11H,7-8,18H2,1-4H3. The highest BCUT2D eigenvalue weighted by molar-refractivity contribution is 5.51. The van der Waals surface area contributed by atoms with Crippen molar-refractivity contribution in [3.8, 4) is 0 Å². The molecule has 0 saturated heterocycles. The van der Waals surface area contributed by atoms with Crippen LogP contribution in [0.2, 0.25) is 0 Å². The first-order valence-corrected chi connectivity index (χ1v) is 6.97. The number of hydrogen-bond acceptors (Lipinski definition) is 3. The fourth-order valence-corrected chi connectivity index (χ4v) is 2.29. The second-order valence-electron chi connectivity index (χ2n) is 5.50. The molecule has 0 spiro atoms. The van der Waals surface area contributed by atoms with E-state index in [9.17, 15) is 0 Å². The zero-order chi connectivity index (χ0) is 14.7. The molecule has 1 aromatic heterocycles. The molecule has 2 aromatic rings. The van der Waals surface area contributed by atoms with Gasteiger partial charge in [-0.05, 0) is 49.9 Å². The largest absolute Gasteiger partial charge is 0.397 e. The second kappa shape index (κ2) is 5.95. The van der Waals surface area contributed by atoms with E-state index >= 15 is 0 Å². The molecular formula is C17H23N3. The summed E-state index contributed by atoms with van der Waals surface area (Å²) >= 11 is 0. The minimum atomic E-state index is 0.747. The lowest BCUT2D eigenvalue weighted by atomic mass is 10.0. The van der Waals surface area contributed by atoms with E-state index in [0.29, 0.717) is 0 Å². The molecule has 0 amide bonds. The Balaban J connectivity index is 2.04. The first-order chi connectivity index (χ1) is 9.47. The predicted octanol–water partition coefficient (Wildman–Crippen LogP) is 3.27. The number of benzene rings is 1. The van der Waals surface area contributed by atoms with Gasteiger partial charge in [0.15, 0.2) is 0 Å². The number of hydrogen-bond donors (Lipinski definition) is 1. The minimum Gasteiger partial charge on any atom is -0.397 e. The van der Waals surface area contributed by atoms with Crippen LogP contribution in [0.25, 0.3) is 0 Å². The molecule has 1 aromatic carbocycles. The summed E-state index contributed by atoms with van der Waals surface area (Å²) in [6.45, 7) is 7.26. The van der Waals surface area contributed by atoms with Crippen LogP contribution in [0, 0.1) is 20.8 Å². The molecular weight excluding hydrogens is 246 g/mol. The summed E-state index contributed by atoms with van der Waals surface area (Å²) in [6, 6.07) is 8.67. The van der Waals surface area contributed by atoms with Crippen molar-refractivity contribution >= 4 is 11.5 Å². The van der Waals surface area contributed by atoms with Crippen molar-refractivity contribution in [2.24, 2.45) is 0 Å². The normalized spacial score (nSPS) is 10.6. The Morgan fingerprint density at radius 2 is 1.85 bits per heavy atom. The van der Waals surface area contributed by atoms with Gasteiger partial charge >= 0.3 is 0 Å². The molecule has 106 valence electrons. The van der Waals surface area contributed by atoms with Gasteiger partial charge in [-0.3, -0.25) is 0 Å². The molecule has 0 unspecified atom stereocenters. The summed E-state index contributed by atoms with van der Waals surface area (Å²) in [4.78, 5) is 6.56. The molecule has 1 heterocycles. The zero-order valence-electron chi connectivity index (χ0n) is 12.8. The fraction of sp³-hybridized carbons (Fsp3) is 0.353. The number of aryl methyl sites for hydroxylation is 3. The highest BCUT2D eigenvalue weighted by Gasteiger charge is 2.06. The van der Waals surface area contributed by atoms with Crippen LogP contribution in [0.1, 0.15) is 22.3 Å². The smallest absolute Gasteiger partial charge is 0.128 e. The Kier molecular flexibility index (Phi) is 4.28. The van der Waals surface area contributed by atoms with Crippen molar-refractivity contribution in [3.63, 3.8) is 0 Å². The number of pyridine rings is 1. The van der Waals surface area contributed by atoms with Crippen LogP contribution in [-0.4, -0.2) is 18.6 Å². The molecule has 2 N–H and O–H groups in total. The Labute approximate surface area is 121 Å². The van der Waals surface area contributed by atoms with Crippen LogP contribution in [-0.2, 0) is 6.42 Å². The Morgan fingerprint density at radius 1 is 1.10 bits per heavy atom. The second-order valence-corrected chi connectivity index (χ2v) is 5.50. The highest BCUT2D eigenvalue weighted by Crippen LogP contribution is 2.17. The SMILES string of the molecule is Cc1ccc(CCN(C)c2cc(C)c(N)cn2)c(C)c1. The average molecular weight is 269 g/mol. The third-order valence-corrected chi connectivity index (χ3v) is 3.74. The zero-order valence-corrected chi connectivity index (χ0v) is 12.8. The molecule has 0 radical (unpaired) electrons. The lowest BCUT2D eigenvalue weighted by Gasteiger charge is -2.19. The number of rotatable bonds is 4. The van der Waals surface area contributed by atoms with Gasteiger partial charge in [-0.15, -0.1) is 0 Å². The Hall–Kier alpha value is -2.03. The quantitative estimate of drug-likeness (QED) is 0.926. The summed E-state index contributed by atoms with van der Waals surface area (Å²) < 4.78 is 0. The van der Waals surface area contributed by atoms with Crippen molar-refractivity contribution in [2.45, 2.75) is 27.2 Å². The third kappa shape index (κ3) is 3.29. The molecule has 3 nitrogen and oxygen atoms in total. The fourth-order valence-electron chi connectivity index (χ4n) is 2.29. The molecule has 0 aliphatic carbocycles. The maximum atomic E-state index is 5.81. The Bertz CT molecular complexity index is 605. The van der Waals surface area contributed by atoms with Gasteiger partial charge in [0.25, 0.3) is 0 Å². The summed E-state index contributed by atoms with van der Waals surface area (Å²) in [6.07, 6.45) is 2.76. The van der Waals surface area contributed by atoms with Gasteiger partial charge in [-0.2, -0.15) is 0 Å². The number of nitrogen functional groups attached to an aromatic ring is 1. The molecule has 3 heteroatoms. The van der Waals surface area contributed by atoms with Crippen molar-refractivity contribution in [2.75, 3.05) is 24.2 Å². The van der Waals surface area contributed by atoms with E-state index in [-0.39, 0.29) is 0 Å². The number of aromatic nitrogens is 1. The summed E-state index contributed by atoms with van der Waals surface area (Å²) in [5.41, 5.74) is 11.7. The number of anilines is 2. The molecule has 0 aliphatic rings. The van der Waals surface area contributed by atoms with E-state index in [1.807, 2.05) is 13.0 Å². The van der Waals surface area contributed by atoms with Crippen LogP contribution in [0.4, 0.5) is 11.5 Å².